The zero-order valence-electron chi connectivity index (χ0n) is 17.6. The van der Waals surface area contributed by atoms with Gasteiger partial charge in [0.2, 0.25) is 0 Å². The van der Waals surface area contributed by atoms with Crippen molar-refractivity contribution in [3.05, 3.63) is 58.3 Å². The molecule has 1 unspecified atom stereocenters. The molecule has 4 rings (SSSR count). The number of aryl methyl sites for hydroxylation is 2. The SMILES string of the molecule is COc1ccc(O)c(C2Nc3cc(C)c(C)cc3NC3=C2C(=O)CC(C)(C)C3)c1. The van der Waals surface area contributed by atoms with Gasteiger partial charge in [-0.05, 0) is 67.1 Å². The van der Waals surface area contributed by atoms with Gasteiger partial charge in [-0.25, -0.2) is 0 Å². The van der Waals surface area contributed by atoms with Crippen LogP contribution in [0, 0.1) is 19.3 Å². The van der Waals surface area contributed by atoms with Gasteiger partial charge in [0, 0.05) is 23.3 Å². The van der Waals surface area contributed by atoms with Crippen molar-refractivity contribution < 1.29 is 14.6 Å². The molecule has 0 amide bonds. The van der Waals surface area contributed by atoms with Crippen LogP contribution >= 0.6 is 0 Å². The zero-order valence-corrected chi connectivity index (χ0v) is 17.6. The average molecular weight is 392 g/mol. The van der Waals surface area contributed by atoms with Gasteiger partial charge in [-0.1, -0.05) is 13.8 Å². The number of phenols is 1. The molecular formula is C24H28N2O3. The van der Waals surface area contributed by atoms with Gasteiger partial charge < -0.3 is 20.5 Å². The second kappa shape index (κ2) is 6.83. The fourth-order valence-electron chi connectivity index (χ4n) is 4.33. The van der Waals surface area contributed by atoms with Crippen LogP contribution in [0.25, 0.3) is 0 Å². The third-order valence-corrected chi connectivity index (χ3v) is 5.97. The normalized spacial score (nSPS) is 20.2. The second-order valence-corrected chi connectivity index (χ2v) is 8.94. The summed E-state index contributed by atoms with van der Waals surface area (Å²) >= 11 is 0. The number of fused-ring (bicyclic) bond motifs is 1. The van der Waals surface area contributed by atoms with Crippen molar-refractivity contribution in [3.63, 3.8) is 0 Å². The summed E-state index contributed by atoms with van der Waals surface area (Å²) in [5.41, 5.74) is 6.36. The first-order valence-corrected chi connectivity index (χ1v) is 9.96. The average Bonchev–Trinajstić information content (AvgIpc) is 2.78. The van der Waals surface area contributed by atoms with E-state index in [0.717, 1.165) is 29.1 Å². The predicted molar refractivity (Wildman–Crippen MR) is 116 cm³/mol. The van der Waals surface area contributed by atoms with Crippen LogP contribution in [0.2, 0.25) is 0 Å². The maximum atomic E-state index is 13.3. The number of anilines is 2. The molecule has 29 heavy (non-hydrogen) atoms. The largest absolute Gasteiger partial charge is 0.508 e. The van der Waals surface area contributed by atoms with Crippen molar-refractivity contribution in [1.82, 2.24) is 0 Å². The van der Waals surface area contributed by atoms with E-state index in [1.165, 1.54) is 5.56 Å². The van der Waals surface area contributed by atoms with Crippen LogP contribution in [0.15, 0.2) is 41.6 Å². The lowest BCUT2D eigenvalue weighted by molar-refractivity contribution is -0.118. The highest BCUT2D eigenvalue weighted by atomic mass is 16.5. The molecule has 2 aromatic rings. The number of hydrogen-bond acceptors (Lipinski definition) is 5. The summed E-state index contributed by atoms with van der Waals surface area (Å²) in [6.45, 7) is 8.39. The monoisotopic (exact) mass is 392 g/mol. The number of carbonyl (C=O) groups excluding carboxylic acids is 1. The van der Waals surface area contributed by atoms with E-state index in [1.807, 2.05) is 0 Å². The Bertz CT molecular complexity index is 1040. The minimum atomic E-state index is -0.459. The Morgan fingerprint density at radius 1 is 1.07 bits per heavy atom. The number of Topliss-reactive ketones (excluding diaryl/α,β-unsaturated/α-hetero) is 1. The van der Waals surface area contributed by atoms with Gasteiger partial charge in [-0.2, -0.15) is 0 Å². The number of ether oxygens (including phenoxy) is 1. The first-order chi connectivity index (χ1) is 13.7. The van der Waals surface area contributed by atoms with E-state index >= 15 is 0 Å². The number of aromatic hydroxyl groups is 1. The van der Waals surface area contributed by atoms with Gasteiger partial charge in [0.25, 0.3) is 0 Å². The Kier molecular flexibility index (Phi) is 4.56. The van der Waals surface area contributed by atoms with Crippen LogP contribution in [-0.2, 0) is 4.79 Å². The van der Waals surface area contributed by atoms with Gasteiger partial charge in [-0.15, -0.1) is 0 Å². The lowest BCUT2D eigenvalue weighted by atomic mass is 9.73. The van der Waals surface area contributed by atoms with Crippen molar-refractivity contribution in [1.29, 1.82) is 0 Å². The first-order valence-electron chi connectivity index (χ1n) is 9.96. The molecule has 0 saturated carbocycles. The molecule has 0 radical (unpaired) electrons. The van der Waals surface area contributed by atoms with Crippen LogP contribution in [0.5, 0.6) is 11.5 Å². The van der Waals surface area contributed by atoms with Crippen LogP contribution in [-0.4, -0.2) is 18.0 Å². The summed E-state index contributed by atoms with van der Waals surface area (Å²) in [4.78, 5) is 13.3. The Hall–Kier alpha value is -2.95. The predicted octanol–water partition coefficient (Wildman–Crippen LogP) is 5.24. The quantitative estimate of drug-likeness (QED) is 0.652. The second-order valence-electron chi connectivity index (χ2n) is 8.94. The summed E-state index contributed by atoms with van der Waals surface area (Å²) in [6.07, 6.45) is 1.24. The van der Waals surface area contributed by atoms with E-state index in [0.29, 0.717) is 23.3 Å². The number of phenolic OH excluding ortho intramolecular Hbond substituents is 1. The van der Waals surface area contributed by atoms with Crippen molar-refractivity contribution >= 4 is 17.2 Å². The van der Waals surface area contributed by atoms with E-state index in [9.17, 15) is 9.90 Å². The lowest BCUT2D eigenvalue weighted by Crippen LogP contribution is -2.31. The Labute approximate surface area is 171 Å². The first kappa shape index (κ1) is 19.4. The minimum absolute atomic E-state index is 0.102. The molecular weight excluding hydrogens is 364 g/mol. The zero-order chi connectivity index (χ0) is 20.9. The van der Waals surface area contributed by atoms with Crippen LogP contribution in [0.4, 0.5) is 11.4 Å². The number of carbonyl (C=O) groups is 1. The summed E-state index contributed by atoms with van der Waals surface area (Å²) in [6, 6.07) is 8.89. The molecule has 0 aromatic heterocycles. The van der Waals surface area contributed by atoms with E-state index in [2.05, 4.69) is 50.5 Å². The molecule has 0 bridgehead atoms. The molecule has 2 aromatic carbocycles. The Morgan fingerprint density at radius 2 is 1.76 bits per heavy atom. The minimum Gasteiger partial charge on any atom is -0.508 e. The van der Waals surface area contributed by atoms with Crippen molar-refractivity contribution in [2.24, 2.45) is 5.41 Å². The summed E-state index contributed by atoms with van der Waals surface area (Å²) in [7, 11) is 1.60. The molecule has 0 saturated heterocycles. The molecule has 1 aliphatic heterocycles. The topological polar surface area (TPSA) is 70.6 Å². The number of allylic oxidation sites excluding steroid dienone is 1. The van der Waals surface area contributed by atoms with E-state index < -0.39 is 6.04 Å². The molecule has 152 valence electrons. The van der Waals surface area contributed by atoms with Crippen molar-refractivity contribution in [3.8, 4) is 11.5 Å². The molecule has 3 N–H and O–H groups in total. The number of benzene rings is 2. The molecule has 1 aliphatic carbocycles. The highest BCUT2D eigenvalue weighted by Gasteiger charge is 2.39. The standard InChI is InChI=1S/C24H28N2O3/c1-13-8-17-18(9-14(13)2)26-23(16-10-15(29-5)6-7-20(16)27)22-19(25-17)11-24(3,4)12-21(22)28/h6-10,23,25-27H,11-12H2,1-5H3. The Balaban J connectivity index is 1.94. The number of nitrogens with one attached hydrogen (secondary N) is 2. The highest BCUT2D eigenvalue weighted by Crippen LogP contribution is 2.47. The van der Waals surface area contributed by atoms with E-state index in [1.54, 1.807) is 25.3 Å². The van der Waals surface area contributed by atoms with Gasteiger partial charge in [0.15, 0.2) is 5.78 Å². The number of hydrogen-bond donors (Lipinski definition) is 3. The summed E-state index contributed by atoms with van der Waals surface area (Å²) < 4.78 is 5.38. The number of ketones is 1. The molecule has 5 nitrogen and oxygen atoms in total. The third-order valence-electron chi connectivity index (χ3n) is 5.97. The van der Waals surface area contributed by atoms with E-state index in [4.69, 9.17) is 4.74 Å². The van der Waals surface area contributed by atoms with Crippen LogP contribution < -0.4 is 15.4 Å². The fraction of sp³-hybridized carbons (Fsp3) is 0.375. The van der Waals surface area contributed by atoms with Crippen molar-refractivity contribution in [2.45, 2.75) is 46.6 Å². The molecule has 1 atom stereocenters. The van der Waals surface area contributed by atoms with Gasteiger partial charge in [0.05, 0.1) is 24.5 Å². The fourth-order valence-corrected chi connectivity index (χ4v) is 4.33. The highest BCUT2D eigenvalue weighted by molar-refractivity contribution is 6.01. The third kappa shape index (κ3) is 3.46. The number of methoxy groups -OCH3 is 1. The lowest BCUT2D eigenvalue weighted by Gasteiger charge is -2.34. The number of rotatable bonds is 2. The summed E-state index contributed by atoms with van der Waals surface area (Å²) in [5.74, 6) is 0.882. The maximum Gasteiger partial charge on any atom is 0.163 e. The van der Waals surface area contributed by atoms with E-state index in [-0.39, 0.29) is 16.9 Å². The molecule has 0 fully saturated rings. The maximum absolute atomic E-state index is 13.3. The summed E-state index contributed by atoms with van der Waals surface area (Å²) in [5, 5.41) is 17.7. The molecule has 5 heteroatoms. The van der Waals surface area contributed by atoms with Crippen molar-refractivity contribution in [2.75, 3.05) is 17.7 Å². The molecule has 2 aliphatic rings. The van der Waals surface area contributed by atoms with Crippen LogP contribution in [0.3, 0.4) is 0 Å². The van der Waals surface area contributed by atoms with Gasteiger partial charge in [0.1, 0.15) is 11.5 Å². The van der Waals surface area contributed by atoms with Gasteiger partial charge in [-0.3, -0.25) is 4.79 Å². The van der Waals surface area contributed by atoms with Crippen LogP contribution in [0.1, 0.15) is 49.4 Å². The smallest absolute Gasteiger partial charge is 0.163 e. The van der Waals surface area contributed by atoms with Gasteiger partial charge >= 0.3 is 0 Å². The molecule has 1 heterocycles. The Morgan fingerprint density at radius 3 is 2.45 bits per heavy atom. The molecule has 0 spiro atoms.